The smallest absolute Gasteiger partial charge is 0.258 e. The van der Waals surface area contributed by atoms with Crippen molar-refractivity contribution in [1.29, 1.82) is 0 Å². The highest BCUT2D eigenvalue weighted by Gasteiger charge is 2.49. The summed E-state index contributed by atoms with van der Waals surface area (Å²) in [5.74, 6) is 0.0378. The quantitative estimate of drug-likeness (QED) is 0.198. The molecule has 184 valence electrons. The molecule has 0 aliphatic carbocycles. The third kappa shape index (κ3) is 7.34. The highest BCUT2D eigenvalue weighted by molar-refractivity contribution is 6.98. The van der Waals surface area contributed by atoms with Crippen LogP contribution in [0.3, 0.4) is 0 Å². The maximum Gasteiger partial charge on any atom is 0.258 e. The van der Waals surface area contributed by atoms with Gasteiger partial charge in [-0.15, -0.1) is 0 Å². The lowest BCUT2D eigenvalue weighted by Gasteiger charge is -2.41. The average molecular weight is 487 g/mol. The first-order chi connectivity index (χ1) is 16.8. The Bertz CT molecular complexity index is 1020. The number of carbonyl (C=O) groups is 1. The maximum atomic E-state index is 12.2. The summed E-state index contributed by atoms with van der Waals surface area (Å²) in [5.41, 5.74) is 1.15. The Morgan fingerprint density at radius 1 is 0.857 bits per heavy atom. The van der Waals surface area contributed by atoms with Crippen molar-refractivity contribution < 1.29 is 14.7 Å². The van der Waals surface area contributed by atoms with Crippen LogP contribution in [0.15, 0.2) is 103 Å². The zero-order valence-electron chi connectivity index (χ0n) is 20.9. The minimum Gasteiger partial charge on any atom is -0.424 e. The van der Waals surface area contributed by atoms with E-state index in [1.54, 1.807) is 6.08 Å². The number of allylic oxidation sites excluding steroid dienone is 1. The van der Waals surface area contributed by atoms with Gasteiger partial charge in [-0.3, -0.25) is 4.79 Å². The fourth-order valence-corrected chi connectivity index (χ4v) is 8.50. The van der Waals surface area contributed by atoms with Crippen LogP contribution in [0.2, 0.25) is 5.04 Å². The second kappa shape index (κ2) is 12.8. The molecular formula is C31H38O3Si. The summed E-state index contributed by atoms with van der Waals surface area (Å²) >= 11 is 0. The lowest BCUT2D eigenvalue weighted by atomic mass is 10.0. The van der Waals surface area contributed by atoms with Gasteiger partial charge in [-0.05, 0) is 46.3 Å². The van der Waals surface area contributed by atoms with Crippen LogP contribution in [0, 0.1) is 0 Å². The van der Waals surface area contributed by atoms with E-state index in [1.807, 2.05) is 91.0 Å². The topological polar surface area (TPSA) is 57.5 Å². The van der Waals surface area contributed by atoms with Gasteiger partial charge in [0.2, 0.25) is 0 Å². The molecule has 0 spiro atoms. The summed E-state index contributed by atoms with van der Waals surface area (Å²) in [6.45, 7) is 4.34. The Morgan fingerprint density at radius 3 is 1.91 bits per heavy atom. The number of benzene rings is 3. The Hall–Kier alpha value is -2.79. The van der Waals surface area contributed by atoms with Gasteiger partial charge in [0.15, 0.2) is 5.78 Å². The van der Waals surface area contributed by atoms with E-state index in [0.29, 0.717) is 19.3 Å². The first-order valence-corrected chi connectivity index (χ1v) is 14.5. The molecule has 0 radical (unpaired) electrons. The number of aryl methyl sites for hydroxylation is 1. The lowest BCUT2D eigenvalue weighted by molar-refractivity contribution is -0.114. The molecule has 4 heteroatoms. The summed E-state index contributed by atoms with van der Waals surface area (Å²) in [4.78, 5) is 24.4. The molecule has 1 atom stereocenters. The summed E-state index contributed by atoms with van der Waals surface area (Å²) in [5, 5.41) is 12.1. The molecular weight excluding hydrogens is 448 g/mol. The SMILES string of the molecule is CC(C)(CCCCC(O)/C=C/C(=O)CCc1ccccc1)[Si](O)(c1ccccc1)c1ccccc1. The van der Waals surface area contributed by atoms with E-state index < -0.39 is 14.4 Å². The van der Waals surface area contributed by atoms with E-state index in [9.17, 15) is 14.7 Å². The van der Waals surface area contributed by atoms with Crippen molar-refractivity contribution in [1.82, 2.24) is 0 Å². The summed E-state index contributed by atoms with van der Waals surface area (Å²) in [6.07, 6.45) is 6.87. The largest absolute Gasteiger partial charge is 0.424 e. The third-order valence-corrected chi connectivity index (χ3v) is 11.5. The van der Waals surface area contributed by atoms with E-state index >= 15 is 0 Å². The molecule has 3 rings (SSSR count). The van der Waals surface area contributed by atoms with Gasteiger partial charge in [-0.1, -0.05) is 124 Å². The second-order valence-electron chi connectivity index (χ2n) is 9.95. The van der Waals surface area contributed by atoms with Gasteiger partial charge in [0.1, 0.15) is 0 Å². The zero-order chi connectivity index (χ0) is 25.2. The Kier molecular flexibility index (Phi) is 9.79. The molecule has 0 bridgehead atoms. The minimum absolute atomic E-state index is 0.0378. The summed E-state index contributed by atoms with van der Waals surface area (Å²) in [6, 6.07) is 30.1. The molecule has 3 aromatic carbocycles. The number of unbranched alkanes of at least 4 members (excludes halogenated alkanes) is 1. The normalized spacial score (nSPS) is 13.1. The van der Waals surface area contributed by atoms with Crippen LogP contribution in [0.5, 0.6) is 0 Å². The van der Waals surface area contributed by atoms with Gasteiger partial charge in [-0.2, -0.15) is 0 Å². The molecule has 0 aliphatic heterocycles. The molecule has 3 nitrogen and oxygen atoms in total. The van der Waals surface area contributed by atoms with Crippen molar-refractivity contribution in [2.24, 2.45) is 0 Å². The lowest BCUT2D eigenvalue weighted by Crippen LogP contribution is -2.65. The summed E-state index contributed by atoms with van der Waals surface area (Å²) < 4.78 is 0. The number of hydrogen-bond donors (Lipinski definition) is 2. The van der Waals surface area contributed by atoms with E-state index in [-0.39, 0.29) is 10.8 Å². The molecule has 0 amide bonds. The molecule has 35 heavy (non-hydrogen) atoms. The highest BCUT2D eigenvalue weighted by Crippen LogP contribution is 2.40. The Labute approximate surface area is 211 Å². The number of ketones is 1. The predicted molar refractivity (Wildman–Crippen MR) is 148 cm³/mol. The number of hydrogen-bond acceptors (Lipinski definition) is 3. The Balaban J connectivity index is 1.52. The molecule has 0 saturated carbocycles. The van der Waals surface area contributed by atoms with Crippen LogP contribution in [0.25, 0.3) is 0 Å². The minimum atomic E-state index is -2.99. The first kappa shape index (κ1) is 26.8. The fourth-order valence-electron chi connectivity index (χ4n) is 4.72. The first-order valence-electron chi connectivity index (χ1n) is 12.6. The van der Waals surface area contributed by atoms with Crippen molar-refractivity contribution >= 4 is 24.5 Å². The van der Waals surface area contributed by atoms with Gasteiger partial charge in [-0.25, -0.2) is 0 Å². The van der Waals surface area contributed by atoms with Crippen LogP contribution in [0.4, 0.5) is 0 Å². The zero-order valence-corrected chi connectivity index (χ0v) is 21.9. The molecule has 3 aromatic rings. The molecule has 0 aliphatic rings. The predicted octanol–water partition coefficient (Wildman–Crippen LogP) is 5.20. The number of aliphatic hydroxyl groups excluding tert-OH is 1. The van der Waals surface area contributed by atoms with E-state index in [2.05, 4.69) is 13.8 Å². The van der Waals surface area contributed by atoms with Crippen LogP contribution in [0.1, 0.15) is 51.5 Å². The van der Waals surface area contributed by atoms with Gasteiger partial charge in [0, 0.05) is 6.42 Å². The number of carbonyl (C=O) groups excluding carboxylic acids is 1. The molecule has 0 aromatic heterocycles. The highest BCUT2D eigenvalue weighted by atomic mass is 28.4. The van der Waals surface area contributed by atoms with Gasteiger partial charge >= 0.3 is 0 Å². The summed E-state index contributed by atoms with van der Waals surface area (Å²) in [7, 11) is -2.99. The monoisotopic (exact) mass is 486 g/mol. The van der Waals surface area contributed by atoms with Crippen LogP contribution >= 0.6 is 0 Å². The maximum absolute atomic E-state index is 12.2. The van der Waals surface area contributed by atoms with E-state index in [0.717, 1.165) is 35.2 Å². The molecule has 0 fully saturated rings. The van der Waals surface area contributed by atoms with Gasteiger partial charge in [0.05, 0.1) is 6.10 Å². The fraction of sp³-hybridized carbons (Fsp3) is 0.323. The van der Waals surface area contributed by atoms with Crippen molar-refractivity contribution in [3.05, 3.63) is 109 Å². The van der Waals surface area contributed by atoms with Crippen molar-refractivity contribution in [2.75, 3.05) is 0 Å². The van der Waals surface area contributed by atoms with Crippen molar-refractivity contribution in [2.45, 2.75) is 63.5 Å². The van der Waals surface area contributed by atoms with Crippen molar-refractivity contribution in [3.8, 4) is 0 Å². The molecule has 2 N–H and O–H groups in total. The van der Waals surface area contributed by atoms with Crippen LogP contribution in [-0.4, -0.2) is 30.1 Å². The molecule has 0 heterocycles. The standard InChI is InChI=1S/C31H38O3Si/c1-31(2,35(34,29-17-8-4-9-18-29)30-19-10-5-11-20-30)25-13-12-16-27(32)23-24-28(33)22-21-26-14-6-3-7-15-26/h3-11,14-15,17-20,23-24,27,32,34H,12-13,16,21-22,25H2,1-2H3/b24-23+. The van der Waals surface area contributed by atoms with E-state index in [4.69, 9.17) is 0 Å². The van der Waals surface area contributed by atoms with Crippen LogP contribution < -0.4 is 10.4 Å². The third-order valence-electron chi connectivity index (χ3n) is 6.92. The number of aliphatic hydroxyl groups is 1. The molecule has 1 unspecified atom stereocenters. The Morgan fingerprint density at radius 2 is 1.37 bits per heavy atom. The average Bonchev–Trinajstić information content (AvgIpc) is 2.89. The second-order valence-corrected chi connectivity index (χ2v) is 13.9. The van der Waals surface area contributed by atoms with Crippen LogP contribution in [-0.2, 0) is 11.2 Å². The van der Waals surface area contributed by atoms with Gasteiger partial charge < -0.3 is 9.90 Å². The van der Waals surface area contributed by atoms with Crippen molar-refractivity contribution in [3.63, 3.8) is 0 Å². The number of rotatable bonds is 13. The van der Waals surface area contributed by atoms with Gasteiger partial charge in [0.25, 0.3) is 8.32 Å². The van der Waals surface area contributed by atoms with E-state index in [1.165, 1.54) is 6.08 Å². The molecule has 0 saturated heterocycles.